The SMILES string of the molecule is Cc1cc(C)c(NC(=O)CNC(=O)COC(=O)c2c3c(nc4ccccc24)CCCC3)c(C)c1. The molecule has 2 amide bonds. The molecule has 2 N–H and O–H groups in total. The van der Waals surface area contributed by atoms with Gasteiger partial charge in [0.15, 0.2) is 6.61 Å². The van der Waals surface area contributed by atoms with Crippen LogP contribution in [0.3, 0.4) is 0 Å². The molecule has 4 rings (SSSR count). The first-order valence-electron chi connectivity index (χ1n) is 11.6. The van der Waals surface area contributed by atoms with Crippen LogP contribution in [-0.2, 0) is 27.2 Å². The summed E-state index contributed by atoms with van der Waals surface area (Å²) in [4.78, 5) is 42.3. The molecule has 0 fully saturated rings. The molecule has 0 saturated heterocycles. The van der Waals surface area contributed by atoms with Crippen molar-refractivity contribution in [3.8, 4) is 0 Å². The molecule has 0 aliphatic heterocycles. The first-order chi connectivity index (χ1) is 16.3. The second-order valence-corrected chi connectivity index (χ2v) is 8.81. The minimum absolute atomic E-state index is 0.212. The van der Waals surface area contributed by atoms with Crippen LogP contribution in [0.25, 0.3) is 10.9 Å². The molecule has 176 valence electrons. The molecular weight excluding hydrogens is 430 g/mol. The van der Waals surface area contributed by atoms with E-state index in [4.69, 9.17) is 9.72 Å². The number of rotatable bonds is 6. The third-order valence-electron chi connectivity index (χ3n) is 6.10. The first kappa shape index (κ1) is 23.4. The van der Waals surface area contributed by atoms with E-state index in [1.54, 1.807) is 0 Å². The van der Waals surface area contributed by atoms with Crippen LogP contribution in [0, 0.1) is 20.8 Å². The number of hydrogen-bond donors (Lipinski definition) is 2. The van der Waals surface area contributed by atoms with Gasteiger partial charge in [-0.15, -0.1) is 0 Å². The van der Waals surface area contributed by atoms with Crippen LogP contribution in [0.2, 0.25) is 0 Å². The van der Waals surface area contributed by atoms with Gasteiger partial charge in [0.25, 0.3) is 5.91 Å². The molecule has 7 heteroatoms. The maximum absolute atomic E-state index is 13.0. The number of esters is 1. The molecule has 7 nitrogen and oxygen atoms in total. The molecule has 0 unspecified atom stereocenters. The Kier molecular flexibility index (Phi) is 6.91. The lowest BCUT2D eigenvalue weighted by molar-refractivity contribution is -0.126. The number of nitrogens with one attached hydrogen (secondary N) is 2. The molecule has 1 aliphatic rings. The molecule has 34 heavy (non-hydrogen) atoms. The monoisotopic (exact) mass is 459 g/mol. The molecule has 0 radical (unpaired) electrons. The van der Waals surface area contributed by atoms with Crippen molar-refractivity contribution in [2.75, 3.05) is 18.5 Å². The van der Waals surface area contributed by atoms with Gasteiger partial charge in [0.1, 0.15) is 0 Å². The molecule has 1 aliphatic carbocycles. The number of aryl methyl sites for hydroxylation is 4. The quantitative estimate of drug-likeness (QED) is 0.544. The van der Waals surface area contributed by atoms with Crippen LogP contribution in [0.15, 0.2) is 36.4 Å². The predicted octanol–water partition coefficient (Wildman–Crippen LogP) is 3.95. The highest BCUT2D eigenvalue weighted by molar-refractivity contribution is 6.05. The summed E-state index contributed by atoms with van der Waals surface area (Å²) in [6.07, 6.45) is 3.62. The molecule has 0 atom stereocenters. The Bertz CT molecular complexity index is 1260. The van der Waals surface area contributed by atoms with Crippen molar-refractivity contribution in [3.05, 3.63) is 69.9 Å². The Morgan fingerprint density at radius 2 is 1.68 bits per heavy atom. The molecule has 2 aromatic carbocycles. The highest BCUT2D eigenvalue weighted by Crippen LogP contribution is 2.29. The standard InChI is InChI=1S/C27H29N3O4/c1-16-12-17(2)26(18(3)13-16)30-23(31)14-28-24(32)15-34-27(33)25-19-8-4-6-10-21(19)29-22-11-7-5-9-20(22)25/h4,6,8,10,12-13H,5,7,9,11,14-15H2,1-3H3,(H,28,32)(H,30,31). The van der Waals surface area contributed by atoms with E-state index in [1.807, 2.05) is 57.2 Å². The molecule has 0 spiro atoms. The number of amides is 2. The van der Waals surface area contributed by atoms with Gasteiger partial charge in [0.2, 0.25) is 5.91 Å². The van der Waals surface area contributed by atoms with Gasteiger partial charge in [-0.05, 0) is 69.2 Å². The Labute approximate surface area is 198 Å². The summed E-state index contributed by atoms with van der Waals surface area (Å²) in [5.74, 6) is -1.42. The summed E-state index contributed by atoms with van der Waals surface area (Å²) in [5.41, 5.74) is 6.86. The van der Waals surface area contributed by atoms with Crippen molar-refractivity contribution in [2.24, 2.45) is 0 Å². The number of para-hydroxylation sites is 1. The first-order valence-corrected chi connectivity index (χ1v) is 11.6. The Morgan fingerprint density at radius 1 is 0.971 bits per heavy atom. The van der Waals surface area contributed by atoms with Gasteiger partial charge in [-0.3, -0.25) is 14.6 Å². The van der Waals surface area contributed by atoms with E-state index in [-0.39, 0.29) is 12.5 Å². The lowest BCUT2D eigenvalue weighted by Crippen LogP contribution is -2.36. The van der Waals surface area contributed by atoms with E-state index in [1.165, 1.54) is 0 Å². The van der Waals surface area contributed by atoms with Crippen molar-refractivity contribution in [1.29, 1.82) is 0 Å². The lowest BCUT2D eigenvalue weighted by atomic mass is 9.90. The van der Waals surface area contributed by atoms with Gasteiger partial charge in [-0.2, -0.15) is 0 Å². The fourth-order valence-electron chi connectivity index (χ4n) is 4.60. The van der Waals surface area contributed by atoms with Crippen LogP contribution >= 0.6 is 0 Å². The number of carbonyl (C=O) groups is 3. The summed E-state index contributed by atoms with van der Waals surface area (Å²) in [6.45, 7) is 5.18. The predicted molar refractivity (Wildman–Crippen MR) is 131 cm³/mol. The molecule has 1 aromatic heterocycles. The topological polar surface area (TPSA) is 97.4 Å². The van der Waals surface area contributed by atoms with Crippen molar-refractivity contribution in [2.45, 2.75) is 46.5 Å². The van der Waals surface area contributed by atoms with E-state index in [0.717, 1.165) is 70.2 Å². The van der Waals surface area contributed by atoms with Gasteiger partial charge in [0, 0.05) is 16.8 Å². The van der Waals surface area contributed by atoms with E-state index in [0.29, 0.717) is 5.56 Å². The lowest BCUT2D eigenvalue weighted by Gasteiger charge is -2.20. The molecular formula is C27H29N3O4. The zero-order valence-corrected chi connectivity index (χ0v) is 19.8. The molecule has 1 heterocycles. The van der Waals surface area contributed by atoms with E-state index in [9.17, 15) is 14.4 Å². The number of ether oxygens (including phenoxy) is 1. The summed E-state index contributed by atoms with van der Waals surface area (Å²) in [7, 11) is 0. The normalized spacial score (nSPS) is 12.7. The number of anilines is 1. The van der Waals surface area contributed by atoms with Crippen molar-refractivity contribution in [1.82, 2.24) is 10.3 Å². The fourth-order valence-corrected chi connectivity index (χ4v) is 4.60. The number of carbonyl (C=O) groups excluding carboxylic acids is 3. The zero-order valence-electron chi connectivity index (χ0n) is 19.8. The van der Waals surface area contributed by atoms with Crippen LogP contribution in [0.4, 0.5) is 5.69 Å². The van der Waals surface area contributed by atoms with Crippen LogP contribution in [0.5, 0.6) is 0 Å². The Balaban J connectivity index is 1.37. The summed E-state index contributed by atoms with van der Waals surface area (Å²) in [6, 6.07) is 11.5. The number of benzene rings is 2. The minimum atomic E-state index is -0.540. The second kappa shape index (κ2) is 10.0. The Morgan fingerprint density at radius 3 is 2.44 bits per heavy atom. The van der Waals surface area contributed by atoms with Crippen molar-refractivity contribution >= 4 is 34.4 Å². The summed E-state index contributed by atoms with van der Waals surface area (Å²) >= 11 is 0. The fraction of sp³-hybridized carbons (Fsp3) is 0.333. The average molecular weight is 460 g/mol. The smallest absolute Gasteiger partial charge is 0.339 e. The largest absolute Gasteiger partial charge is 0.452 e. The van der Waals surface area contributed by atoms with Crippen molar-refractivity contribution in [3.63, 3.8) is 0 Å². The molecule has 3 aromatic rings. The van der Waals surface area contributed by atoms with Crippen LogP contribution in [0.1, 0.15) is 51.1 Å². The minimum Gasteiger partial charge on any atom is -0.452 e. The number of aromatic nitrogens is 1. The van der Waals surface area contributed by atoms with Gasteiger partial charge < -0.3 is 15.4 Å². The highest BCUT2D eigenvalue weighted by atomic mass is 16.5. The molecule has 0 bridgehead atoms. The average Bonchev–Trinajstić information content (AvgIpc) is 2.81. The number of nitrogens with zero attached hydrogens (tertiary/aromatic N) is 1. The van der Waals surface area contributed by atoms with Gasteiger partial charge >= 0.3 is 5.97 Å². The summed E-state index contributed by atoms with van der Waals surface area (Å²) in [5, 5.41) is 6.09. The van der Waals surface area contributed by atoms with Crippen LogP contribution in [-0.4, -0.2) is 35.9 Å². The summed E-state index contributed by atoms with van der Waals surface area (Å²) < 4.78 is 5.36. The van der Waals surface area contributed by atoms with Crippen LogP contribution < -0.4 is 10.6 Å². The number of hydrogen-bond acceptors (Lipinski definition) is 5. The van der Waals surface area contributed by atoms with Gasteiger partial charge in [0.05, 0.1) is 17.6 Å². The van der Waals surface area contributed by atoms with Gasteiger partial charge in [-0.25, -0.2) is 4.79 Å². The third kappa shape index (κ3) is 5.09. The second-order valence-electron chi connectivity index (χ2n) is 8.81. The number of pyridine rings is 1. The van der Waals surface area contributed by atoms with E-state index >= 15 is 0 Å². The van der Waals surface area contributed by atoms with E-state index in [2.05, 4.69) is 10.6 Å². The van der Waals surface area contributed by atoms with E-state index < -0.39 is 18.5 Å². The Hall–Kier alpha value is -3.74. The molecule has 0 saturated carbocycles. The zero-order chi connectivity index (χ0) is 24.2. The van der Waals surface area contributed by atoms with Gasteiger partial charge in [-0.1, -0.05) is 35.9 Å². The maximum Gasteiger partial charge on any atom is 0.339 e. The van der Waals surface area contributed by atoms with Crippen molar-refractivity contribution < 1.29 is 19.1 Å². The highest BCUT2D eigenvalue weighted by Gasteiger charge is 2.24. The number of fused-ring (bicyclic) bond motifs is 2. The third-order valence-corrected chi connectivity index (χ3v) is 6.10. The maximum atomic E-state index is 13.0.